The van der Waals surface area contributed by atoms with Crippen LogP contribution >= 0.6 is 11.6 Å². The molecule has 0 atom stereocenters. The van der Waals surface area contributed by atoms with Gasteiger partial charge in [0, 0.05) is 16.3 Å². The Kier molecular flexibility index (Phi) is 5.57. The number of carbonyl (C=O) groups excluding carboxylic acids is 3. The Bertz CT molecular complexity index is 1400. The summed E-state index contributed by atoms with van der Waals surface area (Å²) in [6.45, 7) is 0. The van der Waals surface area contributed by atoms with Crippen LogP contribution in [0.25, 0.3) is 0 Å². The van der Waals surface area contributed by atoms with Gasteiger partial charge in [0.25, 0.3) is 17.7 Å². The number of ether oxygens (including phenoxy) is 1. The molecule has 0 radical (unpaired) electrons. The second-order valence-electron chi connectivity index (χ2n) is 7.58. The molecule has 4 aromatic carbocycles. The summed E-state index contributed by atoms with van der Waals surface area (Å²) in [5, 5.41) is 3.37. The van der Waals surface area contributed by atoms with Gasteiger partial charge >= 0.3 is 0 Å². The summed E-state index contributed by atoms with van der Waals surface area (Å²) < 4.78 is 5.77. The molecule has 1 N–H and O–H groups in total. The third-order valence-electron chi connectivity index (χ3n) is 5.32. The van der Waals surface area contributed by atoms with Gasteiger partial charge in [-0.2, -0.15) is 0 Å². The van der Waals surface area contributed by atoms with Crippen molar-refractivity contribution in [2.24, 2.45) is 0 Å². The van der Waals surface area contributed by atoms with Crippen molar-refractivity contribution in [2.45, 2.75) is 0 Å². The molecule has 0 aliphatic carbocycles. The van der Waals surface area contributed by atoms with Gasteiger partial charge in [0.2, 0.25) is 0 Å². The average Bonchev–Trinajstić information content (AvgIpc) is 3.11. The molecule has 0 saturated heterocycles. The maximum atomic E-state index is 13.1. The number of nitrogens with zero attached hydrogens (tertiary/aromatic N) is 1. The summed E-state index contributed by atoms with van der Waals surface area (Å²) in [5.41, 5.74) is 1.86. The van der Waals surface area contributed by atoms with Crippen molar-refractivity contribution < 1.29 is 19.1 Å². The van der Waals surface area contributed by atoms with E-state index in [4.69, 9.17) is 16.3 Å². The van der Waals surface area contributed by atoms with Gasteiger partial charge in [-0.1, -0.05) is 29.8 Å². The summed E-state index contributed by atoms with van der Waals surface area (Å²) >= 11 is 5.89. The van der Waals surface area contributed by atoms with Crippen LogP contribution in [0.2, 0.25) is 5.02 Å². The molecule has 3 amide bonds. The predicted molar refractivity (Wildman–Crippen MR) is 130 cm³/mol. The molecule has 166 valence electrons. The predicted octanol–water partition coefficient (Wildman–Crippen LogP) is 6.19. The smallest absolute Gasteiger partial charge is 0.266 e. The third-order valence-corrected chi connectivity index (χ3v) is 5.58. The van der Waals surface area contributed by atoms with E-state index in [0.717, 1.165) is 4.90 Å². The number of carbonyl (C=O) groups is 3. The molecule has 0 spiro atoms. The molecule has 1 aliphatic rings. The summed E-state index contributed by atoms with van der Waals surface area (Å²) in [6.07, 6.45) is 0. The van der Waals surface area contributed by atoms with Crippen molar-refractivity contribution in [2.75, 3.05) is 10.2 Å². The van der Waals surface area contributed by atoms with Gasteiger partial charge in [0.1, 0.15) is 11.5 Å². The fourth-order valence-electron chi connectivity index (χ4n) is 3.65. The number of benzene rings is 4. The van der Waals surface area contributed by atoms with Crippen LogP contribution in [-0.2, 0) is 0 Å². The summed E-state index contributed by atoms with van der Waals surface area (Å²) in [7, 11) is 0. The number of nitrogens with one attached hydrogen (secondary N) is 1. The van der Waals surface area contributed by atoms with E-state index in [1.165, 1.54) is 6.07 Å². The van der Waals surface area contributed by atoms with Crippen molar-refractivity contribution in [3.8, 4) is 11.5 Å². The number of hydrogen-bond donors (Lipinski definition) is 1. The van der Waals surface area contributed by atoms with Crippen LogP contribution in [0, 0.1) is 0 Å². The SMILES string of the molecule is O=C(Nc1ccc2c(c1)C(=O)N(c1ccc(Oc3ccc(Cl)cc3)cc1)C2=O)c1ccccc1. The Hall–Kier alpha value is -4.42. The lowest BCUT2D eigenvalue weighted by Crippen LogP contribution is -2.29. The first-order chi connectivity index (χ1) is 16.5. The molecular formula is C27H17ClN2O4. The van der Waals surface area contributed by atoms with E-state index in [2.05, 4.69) is 5.32 Å². The van der Waals surface area contributed by atoms with E-state index in [1.807, 2.05) is 6.07 Å². The van der Waals surface area contributed by atoms with Crippen molar-refractivity contribution in [3.05, 3.63) is 119 Å². The Labute approximate surface area is 200 Å². The second-order valence-corrected chi connectivity index (χ2v) is 8.01. The molecule has 0 bridgehead atoms. The van der Waals surface area contributed by atoms with Gasteiger partial charge in [0.05, 0.1) is 16.8 Å². The highest BCUT2D eigenvalue weighted by molar-refractivity contribution is 6.34. The van der Waals surface area contributed by atoms with Crippen LogP contribution in [0.4, 0.5) is 11.4 Å². The zero-order valence-electron chi connectivity index (χ0n) is 17.7. The number of anilines is 2. The number of amides is 3. The number of imide groups is 1. The highest BCUT2D eigenvalue weighted by Gasteiger charge is 2.36. The molecule has 0 saturated carbocycles. The van der Waals surface area contributed by atoms with Gasteiger partial charge in [-0.15, -0.1) is 0 Å². The zero-order valence-corrected chi connectivity index (χ0v) is 18.5. The topological polar surface area (TPSA) is 75.7 Å². The van der Waals surface area contributed by atoms with Crippen molar-refractivity contribution in [3.63, 3.8) is 0 Å². The van der Waals surface area contributed by atoms with Crippen LogP contribution < -0.4 is 15.0 Å². The molecule has 0 aromatic heterocycles. The van der Waals surface area contributed by atoms with Gasteiger partial charge in [-0.25, -0.2) is 4.90 Å². The van der Waals surface area contributed by atoms with Gasteiger partial charge < -0.3 is 10.1 Å². The van der Waals surface area contributed by atoms with Gasteiger partial charge in [0.15, 0.2) is 0 Å². The first kappa shape index (κ1) is 21.4. The van der Waals surface area contributed by atoms with Crippen LogP contribution in [-0.4, -0.2) is 17.7 Å². The maximum absolute atomic E-state index is 13.1. The van der Waals surface area contributed by atoms with Crippen molar-refractivity contribution in [1.82, 2.24) is 0 Å². The van der Waals surface area contributed by atoms with Crippen molar-refractivity contribution in [1.29, 1.82) is 0 Å². The molecule has 0 fully saturated rings. The Morgan fingerprint density at radius 3 is 2.03 bits per heavy atom. The minimum absolute atomic E-state index is 0.234. The van der Waals surface area contributed by atoms with Crippen LogP contribution in [0.15, 0.2) is 97.1 Å². The number of halogens is 1. The standard InChI is InChI=1S/C27H17ClN2O4/c28-18-6-11-21(12-7-18)34-22-13-9-20(10-14-22)30-26(32)23-15-8-19(16-24(23)27(30)33)29-25(31)17-4-2-1-3-5-17/h1-16H,(H,29,31). The molecular weight excluding hydrogens is 452 g/mol. The molecule has 1 aliphatic heterocycles. The Balaban J connectivity index is 1.34. The van der Waals surface area contributed by atoms with Crippen LogP contribution in [0.1, 0.15) is 31.1 Å². The van der Waals surface area contributed by atoms with E-state index in [9.17, 15) is 14.4 Å². The van der Waals surface area contributed by atoms with E-state index in [-0.39, 0.29) is 17.0 Å². The normalized spacial score (nSPS) is 12.4. The fourth-order valence-corrected chi connectivity index (χ4v) is 3.77. The van der Waals surface area contributed by atoms with Gasteiger partial charge in [-0.3, -0.25) is 14.4 Å². The lowest BCUT2D eigenvalue weighted by atomic mass is 10.1. The molecule has 1 heterocycles. The van der Waals surface area contributed by atoms with Gasteiger partial charge in [-0.05, 0) is 78.9 Å². The highest BCUT2D eigenvalue weighted by Crippen LogP contribution is 2.32. The number of hydrogen-bond acceptors (Lipinski definition) is 4. The highest BCUT2D eigenvalue weighted by atomic mass is 35.5. The van der Waals surface area contributed by atoms with E-state index in [0.29, 0.717) is 33.5 Å². The maximum Gasteiger partial charge on any atom is 0.266 e. The minimum Gasteiger partial charge on any atom is -0.457 e. The monoisotopic (exact) mass is 468 g/mol. The molecule has 0 unspecified atom stereocenters. The minimum atomic E-state index is -0.456. The largest absolute Gasteiger partial charge is 0.457 e. The Morgan fingerprint density at radius 2 is 1.35 bits per heavy atom. The first-order valence-electron chi connectivity index (χ1n) is 10.4. The van der Waals surface area contributed by atoms with E-state index >= 15 is 0 Å². The molecule has 34 heavy (non-hydrogen) atoms. The number of fused-ring (bicyclic) bond motifs is 1. The van der Waals surface area contributed by atoms with Crippen molar-refractivity contribution >= 4 is 40.7 Å². The summed E-state index contributed by atoms with van der Waals surface area (Å²) in [4.78, 5) is 39.6. The molecule has 4 aromatic rings. The summed E-state index contributed by atoms with van der Waals surface area (Å²) in [6, 6.07) is 27.0. The van der Waals surface area contributed by atoms with E-state index in [1.54, 1.807) is 84.9 Å². The fraction of sp³-hybridized carbons (Fsp3) is 0. The number of rotatable bonds is 5. The summed E-state index contributed by atoms with van der Waals surface area (Å²) in [5.74, 6) is -0.0171. The van der Waals surface area contributed by atoms with E-state index < -0.39 is 11.8 Å². The lowest BCUT2D eigenvalue weighted by molar-refractivity contribution is 0.0924. The molecule has 5 rings (SSSR count). The third kappa shape index (κ3) is 4.14. The first-order valence-corrected chi connectivity index (χ1v) is 10.8. The quantitative estimate of drug-likeness (QED) is 0.354. The van der Waals surface area contributed by atoms with Crippen LogP contribution in [0.5, 0.6) is 11.5 Å². The second kappa shape index (κ2) is 8.84. The zero-order chi connectivity index (χ0) is 23.7. The molecule has 7 heteroatoms. The molecule has 6 nitrogen and oxygen atoms in total. The Morgan fingerprint density at radius 1 is 0.735 bits per heavy atom. The van der Waals surface area contributed by atoms with Crippen LogP contribution in [0.3, 0.4) is 0 Å². The average molecular weight is 469 g/mol. The lowest BCUT2D eigenvalue weighted by Gasteiger charge is -2.14.